The Morgan fingerprint density at radius 1 is 1.12 bits per heavy atom. The summed E-state index contributed by atoms with van der Waals surface area (Å²) in [5.41, 5.74) is 1.98. The van der Waals surface area contributed by atoms with E-state index in [4.69, 9.17) is 14.3 Å². The van der Waals surface area contributed by atoms with Crippen LogP contribution in [0.3, 0.4) is 0 Å². The van der Waals surface area contributed by atoms with Gasteiger partial charge in [0.2, 0.25) is 15.9 Å². The molecule has 0 fully saturated rings. The topological polar surface area (TPSA) is 108 Å². The van der Waals surface area contributed by atoms with Crippen molar-refractivity contribution in [3.63, 3.8) is 0 Å². The SMILES string of the molecule is Cc1ccccc1-c1nnc(SCCOc2ccc(S(N)(=O)=O)cc2)o1. The minimum Gasteiger partial charge on any atom is -0.493 e. The zero-order chi connectivity index (χ0) is 18.6. The van der Waals surface area contributed by atoms with Gasteiger partial charge in [-0.05, 0) is 42.8 Å². The molecular weight excluding hydrogens is 374 g/mol. The first-order valence-corrected chi connectivity index (χ1v) is 10.2. The van der Waals surface area contributed by atoms with E-state index in [1.807, 2.05) is 31.2 Å². The molecule has 0 amide bonds. The average Bonchev–Trinajstić information content (AvgIpc) is 3.07. The number of hydrogen-bond donors (Lipinski definition) is 1. The lowest BCUT2D eigenvalue weighted by atomic mass is 10.1. The molecule has 7 nitrogen and oxygen atoms in total. The third-order valence-electron chi connectivity index (χ3n) is 3.51. The van der Waals surface area contributed by atoms with E-state index in [1.165, 1.54) is 23.9 Å². The highest BCUT2D eigenvalue weighted by Gasteiger charge is 2.11. The molecule has 1 heterocycles. The number of nitrogens with zero attached hydrogens (tertiary/aromatic N) is 2. The van der Waals surface area contributed by atoms with E-state index >= 15 is 0 Å². The molecule has 0 spiro atoms. The van der Waals surface area contributed by atoms with Gasteiger partial charge in [-0.25, -0.2) is 13.6 Å². The molecule has 0 radical (unpaired) electrons. The highest BCUT2D eigenvalue weighted by molar-refractivity contribution is 7.99. The molecule has 0 aliphatic carbocycles. The molecule has 3 aromatic rings. The van der Waals surface area contributed by atoms with Gasteiger partial charge in [-0.2, -0.15) is 0 Å². The first-order chi connectivity index (χ1) is 12.4. The van der Waals surface area contributed by atoms with Crippen LogP contribution in [0.15, 0.2) is 63.1 Å². The maximum Gasteiger partial charge on any atom is 0.276 e. The van der Waals surface area contributed by atoms with Crippen molar-refractivity contribution in [3.8, 4) is 17.2 Å². The standard InChI is InChI=1S/C17H17N3O4S2/c1-12-4-2-3-5-15(12)16-19-20-17(24-16)25-11-10-23-13-6-8-14(9-7-13)26(18,21)22/h2-9H,10-11H2,1H3,(H2,18,21,22). The molecular formula is C17H17N3O4S2. The number of rotatable bonds is 7. The normalized spacial score (nSPS) is 11.5. The fraction of sp³-hybridized carbons (Fsp3) is 0.176. The van der Waals surface area contributed by atoms with Crippen LogP contribution in [0, 0.1) is 6.92 Å². The number of hydrogen-bond acceptors (Lipinski definition) is 7. The summed E-state index contributed by atoms with van der Waals surface area (Å²) in [6.07, 6.45) is 0. The van der Waals surface area contributed by atoms with E-state index in [2.05, 4.69) is 10.2 Å². The molecule has 136 valence electrons. The number of ether oxygens (including phenoxy) is 1. The molecule has 2 aromatic carbocycles. The van der Waals surface area contributed by atoms with Crippen LogP contribution >= 0.6 is 11.8 Å². The van der Waals surface area contributed by atoms with Gasteiger partial charge in [0, 0.05) is 11.3 Å². The van der Waals surface area contributed by atoms with E-state index in [9.17, 15) is 8.42 Å². The lowest BCUT2D eigenvalue weighted by Gasteiger charge is -2.05. The van der Waals surface area contributed by atoms with Gasteiger partial charge in [-0.1, -0.05) is 30.0 Å². The predicted octanol–water partition coefficient (Wildman–Crippen LogP) is 2.86. The van der Waals surface area contributed by atoms with Gasteiger partial charge in [0.1, 0.15) is 5.75 Å². The largest absolute Gasteiger partial charge is 0.493 e. The van der Waals surface area contributed by atoms with E-state index in [1.54, 1.807) is 12.1 Å². The van der Waals surface area contributed by atoms with Gasteiger partial charge in [0.05, 0.1) is 11.5 Å². The van der Waals surface area contributed by atoms with Gasteiger partial charge in [0.25, 0.3) is 5.22 Å². The molecule has 0 bridgehead atoms. The van der Waals surface area contributed by atoms with E-state index in [-0.39, 0.29) is 4.90 Å². The summed E-state index contributed by atoms with van der Waals surface area (Å²) in [5.74, 6) is 1.65. The molecule has 0 saturated carbocycles. The summed E-state index contributed by atoms with van der Waals surface area (Å²) in [5, 5.41) is 13.6. The van der Waals surface area contributed by atoms with Crippen molar-refractivity contribution in [2.75, 3.05) is 12.4 Å². The third kappa shape index (κ3) is 4.63. The fourth-order valence-corrected chi connectivity index (χ4v) is 3.30. The van der Waals surface area contributed by atoms with Crippen molar-refractivity contribution in [3.05, 3.63) is 54.1 Å². The number of aromatic nitrogens is 2. The van der Waals surface area contributed by atoms with Crippen LogP contribution in [0.4, 0.5) is 0 Å². The first-order valence-electron chi connectivity index (χ1n) is 7.71. The van der Waals surface area contributed by atoms with Crippen molar-refractivity contribution >= 4 is 21.8 Å². The molecule has 0 atom stereocenters. The van der Waals surface area contributed by atoms with E-state index < -0.39 is 10.0 Å². The van der Waals surface area contributed by atoms with Crippen LogP contribution < -0.4 is 9.88 Å². The van der Waals surface area contributed by atoms with Crippen molar-refractivity contribution in [1.82, 2.24) is 10.2 Å². The second-order valence-electron chi connectivity index (χ2n) is 5.40. The van der Waals surface area contributed by atoms with Gasteiger partial charge in [0.15, 0.2) is 0 Å². The average molecular weight is 391 g/mol. The Kier molecular flexibility index (Phi) is 5.60. The van der Waals surface area contributed by atoms with Crippen LogP contribution in [-0.2, 0) is 10.0 Å². The van der Waals surface area contributed by atoms with Crippen LogP contribution in [0.5, 0.6) is 5.75 Å². The van der Waals surface area contributed by atoms with Crippen LogP contribution in [-0.4, -0.2) is 31.0 Å². The summed E-state index contributed by atoms with van der Waals surface area (Å²) in [6.45, 7) is 2.39. The molecule has 1 aromatic heterocycles. The van der Waals surface area contributed by atoms with Gasteiger partial charge in [-0.15, -0.1) is 10.2 Å². The second-order valence-corrected chi connectivity index (χ2v) is 8.01. The second kappa shape index (κ2) is 7.90. The fourth-order valence-electron chi connectivity index (χ4n) is 2.20. The zero-order valence-corrected chi connectivity index (χ0v) is 15.6. The molecule has 2 N–H and O–H groups in total. The Balaban J connectivity index is 1.51. The van der Waals surface area contributed by atoms with E-state index in [0.29, 0.717) is 29.2 Å². The Hall–Kier alpha value is -2.36. The number of aryl methyl sites for hydroxylation is 1. The molecule has 9 heteroatoms. The molecule has 0 aliphatic heterocycles. The lowest BCUT2D eigenvalue weighted by Crippen LogP contribution is -2.11. The van der Waals surface area contributed by atoms with Crippen molar-refractivity contribution in [2.24, 2.45) is 5.14 Å². The van der Waals surface area contributed by atoms with Crippen LogP contribution in [0.2, 0.25) is 0 Å². The van der Waals surface area contributed by atoms with Gasteiger partial charge < -0.3 is 9.15 Å². The number of nitrogens with two attached hydrogens (primary N) is 1. The minimum atomic E-state index is -3.69. The van der Waals surface area contributed by atoms with Crippen molar-refractivity contribution in [2.45, 2.75) is 17.0 Å². The quantitative estimate of drug-likeness (QED) is 0.487. The summed E-state index contributed by atoms with van der Waals surface area (Å²) < 4.78 is 33.6. The Morgan fingerprint density at radius 3 is 2.54 bits per heavy atom. The van der Waals surface area contributed by atoms with Crippen LogP contribution in [0.1, 0.15) is 5.56 Å². The Bertz CT molecular complexity index is 985. The van der Waals surface area contributed by atoms with Crippen LogP contribution in [0.25, 0.3) is 11.5 Å². The minimum absolute atomic E-state index is 0.0498. The molecule has 0 saturated heterocycles. The Morgan fingerprint density at radius 2 is 1.85 bits per heavy atom. The molecule has 0 unspecified atom stereocenters. The van der Waals surface area contributed by atoms with Gasteiger partial charge in [-0.3, -0.25) is 0 Å². The van der Waals surface area contributed by atoms with Crippen molar-refractivity contribution < 1.29 is 17.6 Å². The maximum absolute atomic E-state index is 11.2. The third-order valence-corrected chi connectivity index (χ3v) is 5.22. The van der Waals surface area contributed by atoms with Gasteiger partial charge >= 0.3 is 0 Å². The summed E-state index contributed by atoms with van der Waals surface area (Å²) in [4.78, 5) is 0.0498. The number of sulfonamides is 1. The summed E-state index contributed by atoms with van der Waals surface area (Å²) in [6, 6.07) is 13.7. The summed E-state index contributed by atoms with van der Waals surface area (Å²) >= 11 is 1.39. The lowest BCUT2D eigenvalue weighted by molar-refractivity contribution is 0.343. The zero-order valence-electron chi connectivity index (χ0n) is 14.0. The van der Waals surface area contributed by atoms with Crippen molar-refractivity contribution in [1.29, 1.82) is 0 Å². The smallest absolute Gasteiger partial charge is 0.276 e. The predicted molar refractivity (Wildman–Crippen MR) is 98.5 cm³/mol. The molecule has 0 aliphatic rings. The Labute approximate surface area is 155 Å². The monoisotopic (exact) mass is 391 g/mol. The highest BCUT2D eigenvalue weighted by Crippen LogP contribution is 2.25. The highest BCUT2D eigenvalue weighted by atomic mass is 32.2. The number of thioether (sulfide) groups is 1. The molecule has 26 heavy (non-hydrogen) atoms. The first kappa shape index (κ1) is 18.4. The summed E-state index contributed by atoms with van der Waals surface area (Å²) in [7, 11) is -3.69. The molecule has 3 rings (SSSR count). The maximum atomic E-state index is 11.2. The number of primary sulfonamides is 1. The number of benzene rings is 2. The van der Waals surface area contributed by atoms with E-state index in [0.717, 1.165) is 11.1 Å².